The van der Waals surface area contributed by atoms with Crippen LogP contribution in [0.1, 0.15) is 20.3 Å². The Hall–Kier alpha value is 0.280. The number of hydrogen-bond acceptors (Lipinski definition) is 1. The first-order chi connectivity index (χ1) is 5.74. The summed E-state index contributed by atoms with van der Waals surface area (Å²) in [4.78, 5) is 2.33. The lowest BCUT2D eigenvalue weighted by molar-refractivity contribution is 0.314. The lowest BCUT2D eigenvalue weighted by Crippen LogP contribution is -2.26. The van der Waals surface area contributed by atoms with E-state index in [1.807, 2.05) is 6.92 Å². The predicted octanol–water partition coefficient (Wildman–Crippen LogP) is 3.08. The molecule has 0 spiro atoms. The van der Waals surface area contributed by atoms with Crippen LogP contribution in [-0.2, 0) is 0 Å². The molecule has 3 heteroatoms. The molecule has 0 radical (unpaired) electrons. The second-order valence-electron chi connectivity index (χ2n) is 2.87. The van der Waals surface area contributed by atoms with Gasteiger partial charge in [0.1, 0.15) is 0 Å². The molecule has 1 nitrogen and oxygen atoms in total. The van der Waals surface area contributed by atoms with Crippen molar-refractivity contribution in [1.29, 1.82) is 0 Å². The highest BCUT2D eigenvalue weighted by Crippen LogP contribution is 2.01. The quantitative estimate of drug-likeness (QED) is 0.609. The number of likely N-dealkylation sites (N-methyl/N-ethyl adjacent to an activating group) is 1. The normalized spacial score (nSPS) is 12.6. The van der Waals surface area contributed by atoms with Crippen molar-refractivity contribution in [2.75, 3.05) is 25.5 Å². The summed E-state index contributed by atoms with van der Waals surface area (Å²) in [6, 6.07) is 0. The van der Waals surface area contributed by atoms with E-state index in [4.69, 9.17) is 23.2 Å². The molecule has 0 saturated heterocycles. The fourth-order valence-corrected chi connectivity index (χ4v) is 1.21. The third-order valence-corrected chi connectivity index (χ3v) is 2.35. The van der Waals surface area contributed by atoms with Crippen molar-refractivity contribution in [3.05, 3.63) is 11.1 Å². The smallest absolute Gasteiger partial charge is 0.0235 e. The van der Waals surface area contributed by atoms with Crippen LogP contribution in [0.25, 0.3) is 0 Å². The van der Waals surface area contributed by atoms with E-state index in [2.05, 4.69) is 11.8 Å². The maximum atomic E-state index is 5.61. The molecule has 0 fully saturated rings. The summed E-state index contributed by atoms with van der Waals surface area (Å²) in [6.07, 6.45) is 1.05. The first-order valence-corrected chi connectivity index (χ1v) is 5.25. The molecule has 0 aromatic rings. The zero-order valence-corrected chi connectivity index (χ0v) is 9.33. The zero-order chi connectivity index (χ0) is 9.40. The van der Waals surface area contributed by atoms with Gasteiger partial charge in [-0.3, -0.25) is 4.90 Å². The van der Waals surface area contributed by atoms with Gasteiger partial charge in [0.2, 0.25) is 0 Å². The fourth-order valence-electron chi connectivity index (χ4n) is 1.02. The molecule has 0 unspecified atom stereocenters. The van der Waals surface area contributed by atoms with E-state index in [9.17, 15) is 0 Å². The highest BCUT2D eigenvalue weighted by atomic mass is 35.5. The molecule has 0 aliphatic rings. The number of alkyl halides is 1. The van der Waals surface area contributed by atoms with Gasteiger partial charge in [-0.15, -0.1) is 11.6 Å². The molecular weight excluding hydrogens is 193 g/mol. The van der Waals surface area contributed by atoms with Gasteiger partial charge >= 0.3 is 0 Å². The van der Waals surface area contributed by atoms with Crippen molar-refractivity contribution < 1.29 is 0 Å². The van der Waals surface area contributed by atoms with Crippen LogP contribution in [0.2, 0.25) is 0 Å². The molecule has 0 aromatic carbocycles. The van der Waals surface area contributed by atoms with Gasteiger partial charge in [0.15, 0.2) is 0 Å². The molecule has 0 N–H and O–H groups in total. The van der Waals surface area contributed by atoms with Gasteiger partial charge in [0.05, 0.1) is 0 Å². The predicted molar refractivity (Wildman–Crippen MR) is 57.1 cm³/mol. The minimum absolute atomic E-state index is 0.736. The minimum atomic E-state index is 0.736. The van der Waals surface area contributed by atoms with Crippen molar-refractivity contribution in [2.45, 2.75) is 20.3 Å². The standard InChI is InChI=1S/C9H17Cl2N/c1-3-12(6-4-5-10)8-9(2)7-11/h7H,3-6,8H2,1-2H3. The summed E-state index contributed by atoms with van der Waals surface area (Å²) < 4.78 is 0. The molecule has 0 heterocycles. The van der Waals surface area contributed by atoms with E-state index in [0.29, 0.717) is 0 Å². The Balaban J connectivity index is 3.67. The molecule has 72 valence electrons. The lowest BCUT2D eigenvalue weighted by Gasteiger charge is -2.19. The van der Waals surface area contributed by atoms with E-state index >= 15 is 0 Å². The Morgan fingerprint density at radius 2 is 2.17 bits per heavy atom. The summed E-state index contributed by atoms with van der Waals surface area (Å²) in [5.41, 5.74) is 2.84. The van der Waals surface area contributed by atoms with Gasteiger partial charge in [-0.05, 0) is 32.0 Å². The van der Waals surface area contributed by atoms with Gasteiger partial charge in [-0.25, -0.2) is 0 Å². The van der Waals surface area contributed by atoms with Crippen LogP contribution in [0, 0.1) is 0 Å². The van der Waals surface area contributed by atoms with Crippen molar-refractivity contribution in [3.63, 3.8) is 0 Å². The Labute approximate surface area is 85.3 Å². The van der Waals surface area contributed by atoms with Crippen LogP contribution in [0.4, 0.5) is 0 Å². The zero-order valence-electron chi connectivity index (χ0n) is 7.82. The van der Waals surface area contributed by atoms with Gasteiger partial charge in [-0.2, -0.15) is 0 Å². The summed E-state index contributed by atoms with van der Waals surface area (Å²) in [5, 5.41) is 0. The van der Waals surface area contributed by atoms with Crippen molar-refractivity contribution >= 4 is 23.2 Å². The van der Waals surface area contributed by atoms with Crippen LogP contribution < -0.4 is 0 Å². The topological polar surface area (TPSA) is 3.24 Å². The maximum Gasteiger partial charge on any atom is 0.0235 e. The second-order valence-corrected chi connectivity index (χ2v) is 3.46. The van der Waals surface area contributed by atoms with Crippen molar-refractivity contribution in [2.24, 2.45) is 0 Å². The van der Waals surface area contributed by atoms with Crippen LogP contribution in [-0.4, -0.2) is 30.4 Å². The lowest BCUT2D eigenvalue weighted by atomic mass is 10.3. The van der Waals surface area contributed by atoms with Gasteiger partial charge < -0.3 is 0 Å². The van der Waals surface area contributed by atoms with Gasteiger partial charge in [-0.1, -0.05) is 18.5 Å². The second kappa shape index (κ2) is 7.90. The largest absolute Gasteiger partial charge is 0.300 e. The van der Waals surface area contributed by atoms with E-state index in [-0.39, 0.29) is 0 Å². The highest BCUT2D eigenvalue weighted by molar-refractivity contribution is 6.25. The van der Waals surface area contributed by atoms with E-state index in [0.717, 1.165) is 31.9 Å². The Bertz CT molecular complexity index is 134. The molecule has 12 heavy (non-hydrogen) atoms. The Morgan fingerprint density at radius 1 is 1.50 bits per heavy atom. The van der Waals surface area contributed by atoms with Gasteiger partial charge in [0.25, 0.3) is 0 Å². The van der Waals surface area contributed by atoms with E-state index < -0.39 is 0 Å². The molecule has 0 saturated carbocycles. The first kappa shape index (κ1) is 12.3. The molecule has 0 aromatic heterocycles. The van der Waals surface area contributed by atoms with Crippen molar-refractivity contribution in [3.8, 4) is 0 Å². The SMILES string of the molecule is CCN(CCCCl)CC(C)=CCl. The number of nitrogens with zero attached hydrogens (tertiary/aromatic N) is 1. The molecule has 0 bridgehead atoms. The van der Waals surface area contributed by atoms with Crippen molar-refractivity contribution in [1.82, 2.24) is 4.90 Å². The van der Waals surface area contributed by atoms with Gasteiger partial charge in [0, 0.05) is 18.0 Å². The number of hydrogen-bond donors (Lipinski definition) is 0. The summed E-state index contributed by atoms with van der Waals surface area (Å²) >= 11 is 11.2. The van der Waals surface area contributed by atoms with Crippen LogP contribution in [0.15, 0.2) is 11.1 Å². The summed E-state index contributed by atoms with van der Waals surface area (Å²) in [6.45, 7) is 7.25. The molecule has 0 amide bonds. The Morgan fingerprint density at radius 3 is 2.58 bits per heavy atom. The molecular formula is C9H17Cl2N. The molecule has 0 aliphatic carbocycles. The molecule has 0 rings (SSSR count). The maximum absolute atomic E-state index is 5.61. The highest BCUT2D eigenvalue weighted by Gasteiger charge is 2.01. The number of rotatable bonds is 6. The fraction of sp³-hybridized carbons (Fsp3) is 0.778. The summed E-state index contributed by atoms with van der Waals surface area (Å²) in [5.74, 6) is 0.736. The monoisotopic (exact) mass is 209 g/mol. The molecule has 0 atom stereocenters. The van der Waals surface area contributed by atoms with Crippen LogP contribution in [0.3, 0.4) is 0 Å². The average Bonchev–Trinajstić information content (AvgIpc) is 2.11. The third kappa shape index (κ3) is 5.87. The Kier molecular flexibility index (Phi) is 8.09. The summed E-state index contributed by atoms with van der Waals surface area (Å²) in [7, 11) is 0. The third-order valence-electron chi connectivity index (χ3n) is 1.71. The first-order valence-electron chi connectivity index (χ1n) is 4.28. The number of halogens is 2. The average molecular weight is 210 g/mol. The minimum Gasteiger partial charge on any atom is -0.300 e. The van der Waals surface area contributed by atoms with E-state index in [1.54, 1.807) is 5.54 Å². The van der Waals surface area contributed by atoms with Crippen LogP contribution >= 0.6 is 23.2 Å². The van der Waals surface area contributed by atoms with E-state index in [1.165, 1.54) is 5.57 Å². The molecule has 0 aliphatic heterocycles. The van der Waals surface area contributed by atoms with Crippen LogP contribution in [0.5, 0.6) is 0 Å².